The van der Waals surface area contributed by atoms with E-state index in [1.807, 2.05) is 30.3 Å². The maximum atomic E-state index is 12.9. The molecule has 0 spiro atoms. The van der Waals surface area contributed by atoms with Gasteiger partial charge in [-0.3, -0.25) is 9.36 Å². The van der Waals surface area contributed by atoms with Crippen LogP contribution in [0.3, 0.4) is 0 Å². The number of aliphatic hydroxyl groups excluding tert-OH is 1. The van der Waals surface area contributed by atoms with Gasteiger partial charge in [-0.2, -0.15) is 0 Å². The van der Waals surface area contributed by atoms with Crippen LogP contribution in [0.4, 0.5) is 0 Å². The second kappa shape index (κ2) is 6.15. The molecule has 0 saturated heterocycles. The van der Waals surface area contributed by atoms with E-state index in [0.717, 1.165) is 35.0 Å². The molecular formula is C19H20N2O2S. The summed E-state index contributed by atoms with van der Waals surface area (Å²) in [5, 5.41) is 11.2. The second-order valence-electron chi connectivity index (χ2n) is 6.66. The summed E-state index contributed by atoms with van der Waals surface area (Å²) >= 11 is 1.65. The molecule has 1 N–H and O–H groups in total. The minimum absolute atomic E-state index is 0.0259. The molecule has 124 valence electrons. The first-order chi connectivity index (χ1) is 11.6. The molecule has 4 nitrogen and oxygen atoms in total. The molecule has 1 aliphatic carbocycles. The van der Waals surface area contributed by atoms with Crippen LogP contribution in [0.15, 0.2) is 41.5 Å². The summed E-state index contributed by atoms with van der Waals surface area (Å²) in [6.45, 7) is 2.49. The highest BCUT2D eigenvalue weighted by atomic mass is 32.1. The van der Waals surface area contributed by atoms with Gasteiger partial charge in [-0.1, -0.05) is 37.3 Å². The van der Waals surface area contributed by atoms with E-state index in [2.05, 4.69) is 11.9 Å². The number of hydrogen-bond acceptors (Lipinski definition) is 4. The minimum atomic E-state index is -0.711. The first-order valence-electron chi connectivity index (χ1n) is 8.36. The molecule has 0 bridgehead atoms. The van der Waals surface area contributed by atoms with E-state index in [4.69, 9.17) is 0 Å². The number of aromatic nitrogens is 2. The van der Waals surface area contributed by atoms with E-state index in [0.29, 0.717) is 5.92 Å². The molecule has 24 heavy (non-hydrogen) atoms. The monoisotopic (exact) mass is 340 g/mol. The SMILES string of the molecule is C[C@@H]1CCc2c(sc3ncn(C[C@H](O)c4ccccc4)c(=O)c23)C1. The van der Waals surface area contributed by atoms with Crippen LogP contribution in [0.1, 0.15) is 35.5 Å². The Kier molecular flexibility index (Phi) is 3.98. The number of hydrogen-bond donors (Lipinski definition) is 1. The lowest BCUT2D eigenvalue weighted by Gasteiger charge is -2.17. The zero-order valence-corrected chi connectivity index (χ0v) is 14.4. The summed E-state index contributed by atoms with van der Waals surface area (Å²) in [6, 6.07) is 9.43. The Morgan fingerprint density at radius 2 is 2.17 bits per heavy atom. The van der Waals surface area contributed by atoms with Gasteiger partial charge in [0.2, 0.25) is 0 Å². The Balaban J connectivity index is 1.72. The number of aryl methyl sites for hydroxylation is 1. The van der Waals surface area contributed by atoms with Gasteiger partial charge in [0.05, 0.1) is 24.4 Å². The zero-order valence-electron chi connectivity index (χ0n) is 13.6. The minimum Gasteiger partial charge on any atom is -0.387 e. The van der Waals surface area contributed by atoms with Gasteiger partial charge in [-0.15, -0.1) is 11.3 Å². The number of benzene rings is 1. The number of thiophene rings is 1. The maximum Gasteiger partial charge on any atom is 0.262 e. The van der Waals surface area contributed by atoms with Crippen molar-refractivity contribution in [1.29, 1.82) is 0 Å². The fraction of sp³-hybridized carbons (Fsp3) is 0.368. The molecule has 0 aliphatic heterocycles. The van der Waals surface area contributed by atoms with Crippen LogP contribution in [0.5, 0.6) is 0 Å². The van der Waals surface area contributed by atoms with Crippen molar-refractivity contribution in [2.45, 2.75) is 38.8 Å². The van der Waals surface area contributed by atoms with Gasteiger partial charge in [0, 0.05) is 4.88 Å². The van der Waals surface area contributed by atoms with Crippen molar-refractivity contribution in [2.24, 2.45) is 5.92 Å². The van der Waals surface area contributed by atoms with Crippen molar-refractivity contribution < 1.29 is 5.11 Å². The normalized spacial score (nSPS) is 18.5. The van der Waals surface area contributed by atoms with Crippen LogP contribution >= 0.6 is 11.3 Å². The highest BCUT2D eigenvalue weighted by Gasteiger charge is 2.23. The average molecular weight is 340 g/mol. The van der Waals surface area contributed by atoms with Crippen molar-refractivity contribution in [2.75, 3.05) is 0 Å². The van der Waals surface area contributed by atoms with E-state index in [-0.39, 0.29) is 12.1 Å². The molecule has 0 fully saturated rings. The summed E-state index contributed by atoms with van der Waals surface area (Å²) in [6.07, 6.45) is 3.99. The number of nitrogens with zero attached hydrogens (tertiary/aromatic N) is 2. The predicted molar refractivity (Wildman–Crippen MR) is 96.5 cm³/mol. The molecule has 0 unspecified atom stereocenters. The topological polar surface area (TPSA) is 55.1 Å². The number of rotatable bonds is 3. The lowest BCUT2D eigenvalue weighted by atomic mass is 9.89. The Bertz CT molecular complexity index is 930. The van der Waals surface area contributed by atoms with E-state index in [1.54, 1.807) is 22.2 Å². The summed E-state index contributed by atoms with van der Waals surface area (Å²) < 4.78 is 1.55. The Morgan fingerprint density at radius 3 is 2.96 bits per heavy atom. The summed E-state index contributed by atoms with van der Waals surface area (Å²) in [7, 11) is 0. The third-order valence-electron chi connectivity index (χ3n) is 4.84. The highest BCUT2D eigenvalue weighted by molar-refractivity contribution is 7.18. The number of aliphatic hydroxyl groups is 1. The molecule has 4 rings (SSSR count). The van der Waals surface area contributed by atoms with Gasteiger partial charge in [0.15, 0.2) is 0 Å². The predicted octanol–water partition coefficient (Wildman–Crippen LogP) is 3.32. The Hall–Kier alpha value is -1.98. The van der Waals surface area contributed by atoms with E-state index in [1.165, 1.54) is 10.4 Å². The molecule has 3 aromatic rings. The smallest absolute Gasteiger partial charge is 0.262 e. The van der Waals surface area contributed by atoms with Crippen molar-refractivity contribution in [1.82, 2.24) is 9.55 Å². The summed E-state index contributed by atoms with van der Waals surface area (Å²) in [4.78, 5) is 19.6. The van der Waals surface area contributed by atoms with Gasteiger partial charge in [0.25, 0.3) is 5.56 Å². The third kappa shape index (κ3) is 2.68. The van der Waals surface area contributed by atoms with Crippen LogP contribution in [-0.4, -0.2) is 14.7 Å². The van der Waals surface area contributed by atoms with Crippen molar-refractivity contribution >= 4 is 21.6 Å². The molecule has 5 heteroatoms. The van der Waals surface area contributed by atoms with E-state index >= 15 is 0 Å². The highest BCUT2D eigenvalue weighted by Crippen LogP contribution is 2.35. The van der Waals surface area contributed by atoms with Gasteiger partial charge in [-0.05, 0) is 36.3 Å². The fourth-order valence-electron chi connectivity index (χ4n) is 3.46. The van der Waals surface area contributed by atoms with Crippen molar-refractivity contribution in [3.05, 3.63) is 63.0 Å². The summed E-state index contributed by atoms with van der Waals surface area (Å²) in [5.41, 5.74) is 1.97. The molecule has 0 radical (unpaired) electrons. The fourth-order valence-corrected chi connectivity index (χ4v) is 4.80. The van der Waals surface area contributed by atoms with E-state index < -0.39 is 6.10 Å². The quantitative estimate of drug-likeness (QED) is 0.796. The molecule has 1 aliphatic rings. The van der Waals surface area contributed by atoms with Crippen LogP contribution in [0.25, 0.3) is 10.2 Å². The van der Waals surface area contributed by atoms with E-state index in [9.17, 15) is 9.90 Å². The molecule has 0 saturated carbocycles. The first-order valence-corrected chi connectivity index (χ1v) is 9.18. The van der Waals surface area contributed by atoms with Crippen LogP contribution in [0, 0.1) is 5.92 Å². The maximum absolute atomic E-state index is 12.9. The van der Waals surface area contributed by atoms with Gasteiger partial charge in [0.1, 0.15) is 4.83 Å². The van der Waals surface area contributed by atoms with Gasteiger partial charge >= 0.3 is 0 Å². The standard InChI is InChI=1S/C19H20N2O2S/c1-12-7-8-14-16(9-12)24-18-17(14)19(23)21(11-20-18)10-15(22)13-5-3-2-4-6-13/h2-6,11-12,15,22H,7-10H2,1H3/t12-,15+/m1/s1. The zero-order chi connectivity index (χ0) is 16.7. The van der Waals surface area contributed by atoms with Crippen LogP contribution in [0.2, 0.25) is 0 Å². The van der Waals surface area contributed by atoms with Crippen molar-refractivity contribution in [3.63, 3.8) is 0 Å². The largest absolute Gasteiger partial charge is 0.387 e. The number of fused-ring (bicyclic) bond motifs is 3. The Morgan fingerprint density at radius 1 is 1.38 bits per heavy atom. The lowest BCUT2D eigenvalue weighted by molar-refractivity contribution is 0.155. The lowest BCUT2D eigenvalue weighted by Crippen LogP contribution is -2.24. The summed E-state index contributed by atoms with van der Waals surface area (Å²) in [5.74, 6) is 0.674. The Labute approximate surface area is 144 Å². The van der Waals surface area contributed by atoms with Crippen LogP contribution < -0.4 is 5.56 Å². The molecule has 2 heterocycles. The molecule has 1 aromatic carbocycles. The van der Waals surface area contributed by atoms with Crippen molar-refractivity contribution in [3.8, 4) is 0 Å². The van der Waals surface area contributed by atoms with Crippen LogP contribution in [-0.2, 0) is 19.4 Å². The second-order valence-corrected chi connectivity index (χ2v) is 7.74. The van der Waals surface area contributed by atoms with Gasteiger partial charge in [-0.25, -0.2) is 4.98 Å². The molecule has 2 atom stereocenters. The molecular weight excluding hydrogens is 320 g/mol. The van der Waals surface area contributed by atoms with Gasteiger partial charge < -0.3 is 5.11 Å². The third-order valence-corrected chi connectivity index (χ3v) is 6.00. The molecule has 0 amide bonds. The molecule has 2 aromatic heterocycles. The average Bonchev–Trinajstić information content (AvgIpc) is 2.96. The first kappa shape index (κ1) is 15.5.